The number of carbonyl (C=O) groups is 1. The number of hydrogen-bond acceptors (Lipinski definition) is 5. The summed E-state index contributed by atoms with van der Waals surface area (Å²) in [6, 6.07) is 12.9. The summed E-state index contributed by atoms with van der Waals surface area (Å²) < 4.78 is 46.4. The monoisotopic (exact) mass is 403 g/mol. The highest BCUT2D eigenvalue weighted by molar-refractivity contribution is 5.96. The molecule has 1 fully saturated rings. The van der Waals surface area contributed by atoms with Crippen LogP contribution < -0.4 is 9.64 Å². The molecule has 6 nitrogen and oxygen atoms in total. The van der Waals surface area contributed by atoms with Gasteiger partial charge in [-0.2, -0.15) is 4.98 Å². The number of alkyl halides is 3. The predicted octanol–water partition coefficient (Wildman–Crippen LogP) is 4.46. The molecule has 1 aliphatic heterocycles. The average molecular weight is 403 g/mol. The van der Waals surface area contributed by atoms with Crippen LogP contribution in [0, 0.1) is 6.92 Å². The molecule has 1 aliphatic rings. The van der Waals surface area contributed by atoms with Crippen LogP contribution in [-0.2, 0) is 4.79 Å². The van der Waals surface area contributed by atoms with Crippen molar-refractivity contribution in [2.75, 3.05) is 11.4 Å². The normalized spacial score (nSPS) is 17.0. The highest BCUT2D eigenvalue weighted by Gasteiger charge is 2.35. The van der Waals surface area contributed by atoms with E-state index in [1.807, 2.05) is 31.2 Å². The summed E-state index contributed by atoms with van der Waals surface area (Å²) in [6.07, 6.45) is -4.56. The molecule has 0 radical (unpaired) electrons. The van der Waals surface area contributed by atoms with Crippen molar-refractivity contribution in [2.45, 2.75) is 25.6 Å². The van der Waals surface area contributed by atoms with Gasteiger partial charge in [-0.1, -0.05) is 28.9 Å². The Morgan fingerprint density at radius 1 is 1.17 bits per heavy atom. The highest BCUT2D eigenvalue weighted by Crippen LogP contribution is 2.32. The first kappa shape index (κ1) is 19.0. The number of ether oxygens (including phenoxy) is 1. The SMILES string of the molecule is Cc1ccc(N2C[C@@H](c3noc(-c4cccc(OC(F)(F)F)c4)n3)CC2=O)cc1. The van der Waals surface area contributed by atoms with Crippen LogP contribution in [0.5, 0.6) is 5.75 Å². The van der Waals surface area contributed by atoms with Crippen LogP contribution in [0.15, 0.2) is 53.1 Å². The molecule has 9 heteroatoms. The first-order valence-corrected chi connectivity index (χ1v) is 8.85. The zero-order valence-corrected chi connectivity index (χ0v) is 15.3. The lowest BCUT2D eigenvalue weighted by molar-refractivity contribution is -0.274. The Morgan fingerprint density at radius 3 is 2.66 bits per heavy atom. The van der Waals surface area contributed by atoms with E-state index in [0.717, 1.165) is 11.3 Å². The van der Waals surface area contributed by atoms with Crippen LogP contribution >= 0.6 is 0 Å². The number of anilines is 1. The second kappa shape index (κ2) is 7.23. The van der Waals surface area contributed by atoms with Crippen LogP contribution in [0.4, 0.5) is 18.9 Å². The first-order valence-electron chi connectivity index (χ1n) is 8.85. The van der Waals surface area contributed by atoms with E-state index in [0.29, 0.717) is 17.9 Å². The van der Waals surface area contributed by atoms with E-state index in [9.17, 15) is 18.0 Å². The van der Waals surface area contributed by atoms with Gasteiger partial charge in [0, 0.05) is 30.1 Å². The fraction of sp³-hybridized carbons (Fsp3) is 0.250. The van der Waals surface area contributed by atoms with E-state index in [1.165, 1.54) is 18.2 Å². The maximum absolute atomic E-state index is 12.4. The molecule has 2 aromatic carbocycles. The molecule has 0 spiro atoms. The highest BCUT2D eigenvalue weighted by atomic mass is 19.4. The topological polar surface area (TPSA) is 68.5 Å². The summed E-state index contributed by atoms with van der Waals surface area (Å²) in [5.41, 5.74) is 2.19. The van der Waals surface area contributed by atoms with Crippen molar-refractivity contribution < 1.29 is 27.2 Å². The Labute approximate surface area is 163 Å². The van der Waals surface area contributed by atoms with Crippen molar-refractivity contribution in [1.82, 2.24) is 10.1 Å². The largest absolute Gasteiger partial charge is 0.573 e. The van der Waals surface area contributed by atoms with Gasteiger partial charge in [0.25, 0.3) is 5.89 Å². The molecule has 0 N–H and O–H groups in total. The minimum absolute atomic E-state index is 0.0502. The van der Waals surface area contributed by atoms with Crippen molar-refractivity contribution in [2.24, 2.45) is 0 Å². The van der Waals surface area contributed by atoms with Crippen LogP contribution in [0.1, 0.15) is 23.7 Å². The molecule has 1 amide bonds. The molecular weight excluding hydrogens is 387 g/mol. The molecule has 1 saturated heterocycles. The van der Waals surface area contributed by atoms with E-state index in [-0.39, 0.29) is 29.9 Å². The number of amides is 1. The van der Waals surface area contributed by atoms with E-state index < -0.39 is 6.36 Å². The molecular formula is C20H16F3N3O3. The summed E-state index contributed by atoms with van der Waals surface area (Å²) in [6.45, 7) is 2.37. The van der Waals surface area contributed by atoms with Gasteiger partial charge >= 0.3 is 6.36 Å². The average Bonchev–Trinajstić information content (AvgIpc) is 3.28. The minimum Gasteiger partial charge on any atom is -0.406 e. The van der Waals surface area contributed by atoms with E-state index >= 15 is 0 Å². The number of nitrogens with zero attached hydrogens (tertiary/aromatic N) is 3. The Balaban J connectivity index is 1.52. The van der Waals surface area contributed by atoms with Gasteiger partial charge in [0.2, 0.25) is 5.91 Å². The maximum Gasteiger partial charge on any atom is 0.573 e. The van der Waals surface area contributed by atoms with Gasteiger partial charge < -0.3 is 14.2 Å². The van der Waals surface area contributed by atoms with Crippen LogP contribution in [0.2, 0.25) is 0 Å². The Morgan fingerprint density at radius 2 is 1.93 bits per heavy atom. The van der Waals surface area contributed by atoms with Crippen LogP contribution in [-0.4, -0.2) is 29.0 Å². The fourth-order valence-corrected chi connectivity index (χ4v) is 3.20. The zero-order valence-electron chi connectivity index (χ0n) is 15.3. The summed E-state index contributed by atoms with van der Waals surface area (Å²) >= 11 is 0. The fourth-order valence-electron chi connectivity index (χ4n) is 3.20. The van der Waals surface area contributed by atoms with Gasteiger partial charge in [0.05, 0.1) is 0 Å². The molecule has 0 aliphatic carbocycles. The number of carbonyl (C=O) groups excluding carboxylic acids is 1. The summed E-state index contributed by atoms with van der Waals surface area (Å²) in [7, 11) is 0. The zero-order chi connectivity index (χ0) is 20.6. The molecule has 0 unspecified atom stereocenters. The lowest BCUT2D eigenvalue weighted by Gasteiger charge is -2.16. The van der Waals surface area contributed by atoms with Gasteiger partial charge in [-0.3, -0.25) is 4.79 Å². The van der Waals surface area contributed by atoms with Crippen LogP contribution in [0.3, 0.4) is 0 Å². The van der Waals surface area contributed by atoms with Crippen molar-refractivity contribution in [3.63, 3.8) is 0 Å². The molecule has 1 atom stereocenters. The maximum atomic E-state index is 12.4. The third-order valence-electron chi connectivity index (χ3n) is 4.59. The van der Waals surface area contributed by atoms with E-state index in [1.54, 1.807) is 11.0 Å². The number of hydrogen-bond donors (Lipinski definition) is 0. The molecule has 2 heterocycles. The molecule has 0 bridgehead atoms. The van der Waals surface area contributed by atoms with Gasteiger partial charge in [0.1, 0.15) is 5.75 Å². The third-order valence-corrected chi connectivity index (χ3v) is 4.59. The molecule has 29 heavy (non-hydrogen) atoms. The third kappa shape index (κ3) is 4.23. The molecule has 1 aromatic heterocycles. The number of aryl methyl sites for hydroxylation is 1. The number of halogens is 3. The quantitative estimate of drug-likeness (QED) is 0.643. The number of benzene rings is 2. The Kier molecular flexibility index (Phi) is 4.73. The van der Waals surface area contributed by atoms with Crippen LogP contribution in [0.25, 0.3) is 11.5 Å². The molecule has 3 aromatic rings. The predicted molar refractivity (Wildman–Crippen MR) is 97.3 cm³/mol. The van der Waals surface area contributed by atoms with Crippen molar-refractivity contribution >= 4 is 11.6 Å². The summed E-state index contributed by atoms with van der Waals surface area (Å²) in [5.74, 6) is -0.294. The number of aromatic nitrogens is 2. The summed E-state index contributed by atoms with van der Waals surface area (Å²) in [5, 5.41) is 3.93. The Hall–Kier alpha value is -3.36. The second-order valence-electron chi connectivity index (χ2n) is 6.77. The van der Waals surface area contributed by atoms with Crippen molar-refractivity contribution in [3.05, 3.63) is 59.9 Å². The molecule has 150 valence electrons. The van der Waals surface area contributed by atoms with Crippen molar-refractivity contribution in [1.29, 1.82) is 0 Å². The lowest BCUT2D eigenvalue weighted by atomic mass is 10.1. The van der Waals surface area contributed by atoms with Gasteiger partial charge in [-0.25, -0.2) is 0 Å². The summed E-state index contributed by atoms with van der Waals surface area (Å²) in [4.78, 5) is 18.4. The van der Waals surface area contributed by atoms with Gasteiger partial charge in [-0.15, -0.1) is 13.2 Å². The number of rotatable bonds is 4. The van der Waals surface area contributed by atoms with E-state index in [2.05, 4.69) is 14.9 Å². The Bertz CT molecular complexity index is 1030. The van der Waals surface area contributed by atoms with Crippen molar-refractivity contribution in [3.8, 4) is 17.2 Å². The smallest absolute Gasteiger partial charge is 0.406 e. The second-order valence-corrected chi connectivity index (χ2v) is 6.77. The molecule has 4 rings (SSSR count). The van der Waals surface area contributed by atoms with Gasteiger partial charge in [-0.05, 0) is 37.3 Å². The lowest BCUT2D eigenvalue weighted by Crippen LogP contribution is -2.24. The van der Waals surface area contributed by atoms with E-state index in [4.69, 9.17) is 4.52 Å². The molecule has 0 saturated carbocycles. The van der Waals surface area contributed by atoms with Gasteiger partial charge in [0.15, 0.2) is 5.82 Å². The first-order chi connectivity index (χ1) is 13.8. The standard InChI is InChI=1S/C20H16F3N3O3/c1-12-5-7-15(8-6-12)26-11-14(10-17(26)27)18-24-19(29-25-18)13-3-2-4-16(9-13)28-20(21,22)23/h2-9,14H,10-11H2,1H3/t14-/m0/s1. The minimum atomic E-state index is -4.79.